The Balaban J connectivity index is 1.48. The van der Waals surface area contributed by atoms with Gasteiger partial charge in [-0.3, -0.25) is 0 Å². The molecule has 2 aliphatic rings. The molecule has 0 amide bonds. The van der Waals surface area contributed by atoms with Crippen LogP contribution in [-0.4, -0.2) is 18.8 Å². The Morgan fingerprint density at radius 2 is 1.85 bits per heavy atom. The average Bonchev–Trinajstić information content (AvgIpc) is 3.28. The van der Waals surface area contributed by atoms with Crippen LogP contribution in [0.25, 0.3) is 0 Å². The predicted molar refractivity (Wildman–Crippen MR) is 113 cm³/mol. The van der Waals surface area contributed by atoms with Crippen LogP contribution in [0, 0.1) is 5.82 Å². The molecular weight excluding hydrogens is 425 g/mol. The van der Waals surface area contributed by atoms with Gasteiger partial charge in [0.25, 0.3) is 0 Å². The first-order valence-corrected chi connectivity index (χ1v) is 11.6. The summed E-state index contributed by atoms with van der Waals surface area (Å²) in [4.78, 5) is 1.34. The fraction of sp³-hybridized carbons (Fsp3) is 0.545. The summed E-state index contributed by atoms with van der Waals surface area (Å²) in [6, 6.07) is 11.5. The van der Waals surface area contributed by atoms with E-state index in [2.05, 4.69) is 33.4 Å². The molecule has 1 saturated carbocycles. The van der Waals surface area contributed by atoms with Crippen molar-refractivity contribution in [1.29, 1.82) is 0 Å². The van der Waals surface area contributed by atoms with Gasteiger partial charge in [-0.2, -0.15) is 0 Å². The van der Waals surface area contributed by atoms with E-state index in [0.29, 0.717) is 0 Å². The lowest BCUT2D eigenvalue weighted by atomic mass is 9.66. The molecule has 1 spiro atoms. The highest BCUT2D eigenvalue weighted by Gasteiger charge is 2.47. The van der Waals surface area contributed by atoms with E-state index >= 15 is 0 Å². The minimum atomic E-state index is -0.155. The van der Waals surface area contributed by atoms with Crippen molar-refractivity contribution in [1.82, 2.24) is 5.32 Å². The van der Waals surface area contributed by atoms with E-state index in [4.69, 9.17) is 4.74 Å². The second kappa shape index (κ2) is 8.32. The maximum Gasteiger partial charge on any atom is 0.123 e. The molecule has 1 atom stereocenters. The zero-order valence-electron chi connectivity index (χ0n) is 15.6. The maximum absolute atomic E-state index is 13.5. The molecule has 0 unspecified atom stereocenters. The van der Waals surface area contributed by atoms with Crippen LogP contribution >= 0.6 is 27.3 Å². The fourth-order valence-corrected chi connectivity index (χ4v) is 6.41. The summed E-state index contributed by atoms with van der Waals surface area (Å²) in [5, 5.41) is 3.62. The van der Waals surface area contributed by atoms with E-state index in [1.54, 1.807) is 23.5 Å². The first-order chi connectivity index (χ1) is 13.1. The topological polar surface area (TPSA) is 21.3 Å². The fourth-order valence-electron chi connectivity index (χ4n) is 4.95. The van der Waals surface area contributed by atoms with Crippen LogP contribution in [0.5, 0.6) is 0 Å². The Labute approximate surface area is 173 Å². The Kier molecular flexibility index (Phi) is 6.03. The van der Waals surface area contributed by atoms with E-state index in [9.17, 15) is 4.39 Å². The summed E-state index contributed by atoms with van der Waals surface area (Å²) in [5.41, 5.74) is 1.41. The SMILES string of the molecule is Fc1ccc([C@]2(CCNCc3ccc(Br)s3)CCOC3(CCCC3)C2)cc1. The first kappa shape index (κ1) is 19.6. The van der Waals surface area contributed by atoms with Crippen LogP contribution in [0.3, 0.4) is 0 Å². The summed E-state index contributed by atoms with van der Waals surface area (Å²) >= 11 is 5.31. The Morgan fingerprint density at radius 3 is 2.56 bits per heavy atom. The molecule has 1 aromatic heterocycles. The monoisotopic (exact) mass is 451 g/mol. The Bertz CT molecular complexity index is 756. The van der Waals surface area contributed by atoms with Crippen LogP contribution in [-0.2, 0) is 16.7 Å². The number of halogens is 2. The molecule has 1 aromatic carbocycles. The van der Waals surface area contributed by atoms with Crippen molar-refractivity contribution >= 4 is 27.3 Å². The minimum absolute atomic E-state index is 0.0469. The molecule has 2 fully saturated rings. The summed E-state index contributed by atoms with van der Waals surface area (Å²) in [7, 11) is 0. The third-order valence-corrected chi connectivity index (χ3v) is 7.95. The van der Waals surface area contributed by atoms with Crippen molar-refractivity contribution < 1.29 is 9.13 Å². The van der Waals surface area contributed by atoms with Crippen LogP contribution in [0.4, 0.5) is 4.39 Å². The van der Waals surface area contributed by atoms with Gasteiger partial charge >= 0.3 is 0 Å². The molecule has 0 radical (unpaired) electrons. The summed E-state index contributed by atoms with van der Waals surface area (Å²) in [6.45, 7) is 2.68. The number of rotatable bonds is 6. The molecule has 2 nitrogen and oxygen atoms in total. The number of nitrogens with one attached hydrogen (secondary N) is 1. The normalized spacial score (nSPS) is 24.5. The molecule has 1 saturated heterocycles. The van der Waals surface area contributed by atoms with Gasteiger partial charge in [0.2, 0.25) is 0 Å². The van der Waals surface area contributed by atoms with E-state index in [1.807, 2.05) is 12.1 Å². The summed E-state index contributed by atoms with van der Waals surface area (Å²) in [5.74, 6) is -0.155. The molecule has 1 aliphatic carbocycles. The van der Waals surface area contributed by atoms with Crippen molar-refractivity contribution in [3.8, 4) is 0 Å². The summed E-state index contributed by atoms with van der Waals surface area (Å²) < 4.78 is 21.0. The number of benzene rings is 1. The van der Waals surface area contributed by atoms with E-state index in [1.165, 1.54) is 39.9 Å². The van der Waals surface area contributed by atoms with Gasteiger partial charge in [0.1, 0.15) is 5.82 Å². The second-order valence-electron chi connectivity index (χ2n) is 8.09. The van der Waals surface area contributed by atoms with Gasteiger partial charge in [-0.15, -0.1) is 11.3 Å². The molecule has 2 heterocycles. The van der Waals surface area contributed by atoms with Crippen molar-refractivity contribution in [3.05, 3.63) is 56.4 Å². The third kappa shape index (κ3) is 4.47. The van der Waals surface area contributed by atoms with Gasteiger partial charge in [-0.05, 0) is 84.4 Å². The van der Waals surface area contributed by atoms with Crippen LogP contribution < -0.4 is 5.32 Å². The number of ether oxygens (including phenoxy) is 1. The zero-order chi connectivity index (χ0) is 18.7. The van der Waals surface area contributed by atoms with E-state index in [0.717, 1.165) is 39.0 Å². The molecule has 27 heavy (non-hydrogen) atoms. The number of hydrogen-bond donors (Lipinski definition) is 1. The van der Waals surface area contributed by atoms with Crippen molar-refractivity contribution in [2.75, 3.05) is 13.2 Å². The lowest BCUT2D eigenvalue weighted by Gasteiger charge is -2.47. The molecule has 4 rings (SSSR count). The van der Waals surface area contributed by atoms with Gasteiger partial charge in [-0.25, -0.2) is 4.39 Å². The lowest BCUT2D eigenvalue weighted by Crippen LogP contribution is -2.47. The molecule has 2 aromatic rings. The summed E-state index contributed by atoms with van der Waals surface area (Å²) in [6.07, 6.45) is 8.04. The van der Waals surface area contributed by atoms with Gasteiger partial charge in [0.05, 0.1) is 9.39 Å². The molecule has 1 aliphatic heterocycles. The average molecular weight is 452 g/mol. The number of hydrogen-bond acceptors (Lipinski definition) is 3. The Hall–Kier alpha value is -0.750. The second-order valence-corrected chi connectivity index (χ2v) is 10.6. The zero-order valence-corrected chi connectivity index (χ0v) is 18.0. The largest absolute Gasteiger partial charge is 0.375 e. The van der Waals surface area contributed by atoms with Crippen LogP contribution in [0.2, 0.25) is 0 Å². The standard InChI is InChI=1S/C22H27BrFNOS/c23-20-8-7-19(27-20)15-25-13-11-21(17-3-5-18(24)6-4-17)12-14-26-22(16-21)9-1-2-10-22/h3-8,25H,1-2,9-16H2/t21-/m1/s1. The van der Waals surface area contributed by atoms with Crippen molar-refractivity contribution in [2.24, 2.45) is 0 Å². The molecule has 1 N–H and O–H groups in total. The van der Waals surface area contributed by atoms with Crippen molar-refractivity contribution in [2.45, 2.75) is 62.5 Å². The third-order valence-electron chi connectivity index (χ3n) is 6.33. The molecule has 0 bridgehead atoms. The van der Waals surface area contributed by atoms with Gasteiger partial charge in [0.15, 0.2) is 0 Å². The van der Waals surface area contributed by atoms with Crippen LogP contribution in [0.15, 0.2) is 40.2 Å². The number of thiophene rings is 1. The highest BCUT2D eigenvalue weighted by molar-refractivity contribution is 9.11. The smallest absolute Gasteiger partial charge is 0.123 e. The van der Waals surface area contributed by atoms with Gasteiger partial charge < -0.3 is 10.1 Å². The molecule has 146 valence electrons. The first-order valence-electron chi connectivity index (χ1n) is 9.94. The highest BCUT2D eigenvalue weighted by atomic mass is 79.9. The maximum atomic E-state index is 13.5. The predicted octanol–water partition coefficient (Wildman–Crippen LogP) is 6.19. The highest BCUT2D eigenvalue weighted by Crippen LogP contribution is 2.50. The molecular formula is C22H27BrFNOS. The van der Waals surface area contributed by atoms with E-state index in [-0.39, 0.29) is 16.8 Å². The van der Waals surface area contributed by atoms with Crippen LogP contribution in [0.1, 0.15) is 55.4 Å². The minimum Gasteiger partial charge on any atom is -0.375 e. The molecule has 5 heteroatoms. The Morgan fingerprint density at radius 1 is 1.07 bits per heavy atom. The van der Waals surface area contributed by atoms with E-state index < -0.39 is 0 Å². The van der Waals surface area contributed by atoms with Gasteiger partial charge in [-0.1, -0.05) is 25.0 Å². The van der Waals surface area contributed by atoms with Gasteiger partial charge in [0, 0.05) is 23.4 Å². The van der Waals surface area contributed by atoms with Crippen molar-refractivity contribution in [3.63, 3.8) is 0 Å². The quantitative estimate of drug-likeness (QED) is 0.528. The lowest BCUT2D eigenvalue weighted by molar-refractivity contribution is -0.103.